The minimum Gasteiger partial charge on any atom is -0.325 e. The first-order valence-electron chi connectivity index (χ1n) is 4.85. The highest BCUT2D eigenvalue weighted by atomic mass is 14.7. The van der Waals surface area contributed by atoms with Crippen molar-refractivity contribution in [2.75, 3.05) is 0 Å². The maximum atomic E-state index is 6.08. The molecule has 0 amide bonds. The van der Waals surface area contributed by atoms with Crippen molar-refractivity contribution in [3.63, 3.8) is 0 Å². The van der Waals surface area contributed by atoms with E-state index in [4.69, 9.17) is 5.73 Å². The lowest BCUT2D eigenvalue weighted by Crippen LogP contribution is -2.45. The van der Waals surface area contributed by atoms with Gasteiger partial charge in [-0.05, 0) is 31.1 Å². The minimum atomic E-state index is -0.0628. The monoisotopic (exact) mass is 171 g/mol. The molecule has 0 aromatic carbocycles. The van der Waals surface area contributed by atoms with Gasteiger partial charge in [0.2, 0.25) is 0 Å². The van der Waals surface area contributed by atoms with E-state index in [0.717, 1.165) is 0 Å². The second kappa shape index (κ2) is 3.37. The fourth-order valence-corrected chi connectivity index (χ4v) is 1.39. The van der Waals surface area contributed by atoms with E-state index >= 15 is 0 Å². The van der Waals surface area contributed by atoms with Gasteiger partial charge in [-0.1, -0.05) is 34.6 Å². The van der Waals surface area contributed by atoms with Gasteiger partial charge in [-0.2, -0.15) is 0 Å². The second-order valence-corrected chi connectivity index (χ2v) is 5.76. The van der Waals surface area contributed by atoms with Crippen LogP contribution in [0.15, 0.2) is 0 Å². The molecule has 0 aromatic heterocycles. The van der Waals surface area contributed by atoms with Gasteiger partial charge in [0, 0.05) is 5.54 Å². The number of hydrogen-bond donors (Lipinski definition) is 1. The molecule has 0 aliphatic rings. The molecule has 0 saturated heterocycles. The molecule has 0 aliphatic carbocycles. The third-order valence-electron chi connectivity index (χ3n) is 3.29. The first kappa shape index (κ1) is 12.0. The molecule has 0 bridgehead atoms. The summed E-state index contributed by atoms with van der Waals surface area (Å²) in [7, 11) is 0. The predicted octanol–water partition coefficient (Wildman–Crippen LogP) is 3.04. The molecule has 0 aliphatic heterocycles. The van der Waals surface area contributed by atoms with Crippen LogP contribution in [0, 0.1) is 17.3 Å². The summed E-state index contributed by atoms with van der Waals surface area (Å²) in [5.74, 6) is 1.20. The molecular weight excluding hydrogens is 146 g/mol. The van der Waals surface area contributed by atoms with E-state index in [-0.39, 0.29) is 5.54 Å². The largest absolute Gasteiger partial charge is 0.325 e. The Morgan fingerprint density at radius 3 is 1.25 bits per heavy atom. The quantitative estimate of drug-likeness (QED) is 0.679. The molecule has 0 fully saturated rings. The van der Waals surface area contributed by atoms with Crippen LogP contribution in [0.3, 0.4) is 0 Å². The van der Waals surface area contributed by atoms with E-state index in [1.165, 1.54) is 0 Å². The van der Waals surface area contributed by atoms with E-state index in [9.17, 15) is 0 Å². The standard InChI is InChI=1S/C11H25N/c1-8(10(3,4)5)9(2)11(6,7)12/h8-9H,12H2,1-7H3/t8-,9?/m0/s1. The van der Waals surface area contributed by atoms with Crippen molar-refractivity contribution >= 4 is 0 Å². The van der Waals surface area contributed by atoms with Crippen molar-refractivity contribution in [1.82, 2.24) is 0 Å². The minimum absolute atomic E-state index is 0.0628. The highest BCUT2D eigenvalue weighted by molar-refractivity contribution is 4.87. The Morgan fingerprint density at radius 2 is 1.17 bits per heavy atom. The normalized spacial score (nSPS) is 19.0. The smallest absolute Gasteiger partial charge is 0.0125 e. The lowest BCUT2D eigenvalue weighted by atomic mass is 9.69. The Balaban J connectivity index is 4.41. The van der Waals surface area contributed by atoms with E-state index < -0.39 is 0 Å². The molecule has 0 rings (SSSR count). The lowest BCUT2D eigenvalue weighted by molar-refractivity contribution is 0.135. The third kappa shape index (κ3) is 3.14. The van der Waals surface area contributed by atoms with Gasteiger partial charge in [0.1, 0.15) is 0 Å². The van der Waals surface area contributed by atoms with Crippen LogP contribution in [0.4, 0.5) is 0 Å². The highest BCUT2D eigenvalue weighted by Gasteiger charge is 2.32. The van der Waals surface area contributed by atoms with Crippen molar-refractivity contribution < 1.29 is 0 Å². The third-order valence-corrected chi connectivity index (χ3v) is 3.29. The van der Waals surface area contributed by atoms with Gasteiger partial charge in [0.05, 0.1) is 0 Å². The zero-order valence-corrected chi connectivity index (χ0v) is 9.73. The summed E-state index contributed by atoms with van der Waals surface area (Å²) in [6.07, 6.45) is 0. The van der Waals surface area contributed by atoms with Gasteiger partial charge < -0.3 is 5.73 Å². The number of hydrogen-bond acceptors (Lipinski definition) is 1. The van der Waals surface area contributed by atoms with Crippen molar-refractivity contribution in [3.8, 4) is 0 Å². The van der Waals surface area contributed by atoms with Crippen LogP contribution in [0.2, 0.25) is 0 Å². The maximum Gasteiger partial charge on any atom is 0.0125 e. The molecule has 1 nitrogen and oxygen atoms in total. The summed E-state index contributed by atoms with van der Waals surface area (Å²) in [5.41, 5.74) is 6.37. The van der Waals surface area contributed by atoms with Crippen molar-refractivity contribution in [1.29, 1.82) is 0 Å². The van der Waals surface area contributed by atoms with E-state index in [2.05, 4.69) is 48.5 Å². The van der Waals surface area contributed by atoms with E-state index in [0.29, 0.717) is 17.3 Å². The summed E-state index contributed by atoms with van der Waals surface area (Å²) in [6.45, 7) is 15.6. The van der Waals surface area contributed by atoms with Gasteiger partial charge in [-0.25, -0.2) is 0 Å². The van der Waals surface area contributed by atoms with Crippen LogP contribution in [0.1, 0.15) is 48.5 Å². The van der Waals surface area contributed by atoms with E-state index in [1.807, 2.05) is 0 Å². The average Bonchev–Trinajstić information content (AvgIpc) is 1.80. The zero-order valence-electron chi connectivity index (χ0n) is 9.73. The first-order valence-corrected chi connectivity index (χ1v) is 4.85. The van der Waals surface area contributed by atoms with Crippen LogP contribution in [-0.2, 0) is 0 Å². The van der Waals surface area contributed by atoms with Crippen molar-refractivity contribution in [2.24, 2.45) is 23.0 Å². The molecule has 2 N–H and O–H groups in total. The van der Waals surface area contributed by atoms with Gasteiger partial charge >= 0.3 is 0 Å². The molecule has 0 spiro atoms. The van der Waals surface area contributed by atoms with Crippen LogP contribution in [0.25, 0.3) is 0 Å². The van der Waals surface area contributed by atoms with Crippen LogP contribution in [-0.4, -0.2) is 5.54 Å². The van der Waals surface area contributed by atoms with Crippen LogP contribution in [0.5, 0.6) is 0 Å². The zero-order chi connectivity index (χ0) is 10.2. The average molecular weight is 171 g/mol. The Bertz CT molecular complexity index is 118. The van der Waals surface area contributed by atoms with Gasteiger partial charge in [0.15, 0.2) is 0 Å². The molecule has 0 heterocycles. The first-order chi connectivity index (χ1) is 5.07. The van der Waals surface area contributed by atoms with Gasteiger partial charge in [-0.15, -0.1) is 0 Å². The molecule has 1 unspecified atom stereocenters. The van der Waals surface area contributed by atoms with Gasteiger partial charge in [-0.3, -0.25) is 0 Å². The maximum absolute atomic E-state index is 6.08. The summed E-state index contributed by atoms with van der Waals surface area (Å²) in [5, 5.41) is 0. The molecule has 1 heteroatoms. The number of rotatable bonds is 2. The van der Waals surface area contributed by atoms with Crippen molar-refractivity contribution in [3.05, 3.63) is 0 Å². The molecule has 0 aromatic rings. The predicted molar refractivity (Wildman–Crippen MR) is 56.0 cm³/mol. The molecular formula is C11H25N. The summed E-state index contributed by atoms with van der Waals surface area (Å²) < 4.78 is 0. The Labute approximate surface area is 77.7 Å². The lowest BCUT2D eigenvalue weighted by Gasteiger charge is -2.39. The number of nitrogens with two attached hydrogens (primary N) is 1. The summed E-state index contributed by atoms with van der Waals surface area (Å²) in [6, 6.07) is 0. The van der Waals surface area contributed by atoms with E-state index in [1.54, 1.807) is 0 Å². The summed E-state index contributed by atoms with van der Waals surface area (Å²) in [4.78, 5) is 0. The molecule has 0 saturated carbocycles. The van der Waals surface area contributed by atoms with Crippen molar-refractivity contribution in [2.45, 2.75) is 54.0 Å². The molecule has 0 radical (unpaired) electrons. The van der Waals surface area contributed by atoms with Crippen LogP contribution >= 0.6 is 0 Å². The Morgan fingerprint density at radius 1 is 0.833 bits per heavy atom. The molecule has 2 atom stereocenters. The molecule has 12 heavy (non-hydrogen) atoms. The summed E-state index contributed by atoms with van der Waals surface area (Å²) >= 11 is 0. The SMILES string of the molecule is CC([C@H](C)C(C)(C)C)C(C)(C)N. The Hall–Kier alpha value is -0.0400. The Kier molecular flexibility index (Phi) is 3.36. The van der Waals surface area contributed by atoms with Crippen LogP contribution < -0.4 is 5.73 Å². The molecule has 74 valence electrons. The van der Waals surface area contributed by atoms with Gasteiger partial charge in [0.25, 0.3) is 0 Å². The fourth-order valence-electron chi connectivity index (χ4n) is 1.39. The second-order valence-electron chi connectivity index (χ2n) is 5.76. The highest BCUT2D eigenvalue weighted by Crippen LogP contribution is 2.35. The topological polar surface area (TPSA) is 26.0 Å². The fraction of sp³-hybridized carbons (Fsp3) is 1.00.